The molecule has 0 aliphatic rings. The van der Waals surface area contributed by atoms with Crippen LogP contribution in [0.4, 0.5) is 5.69 Å². The zero-order valence-corrected chi connectivity index (χ0v) is 13.3. The van der Waals surface area contributed by atoms with Crippen molar-refractivity contribution in [3.05, 3.63) is 46.7 Å². The van der Waals surface area contributed by atoms with Crippen molar-refractivity contribution in [1.82, 2.24) is 4.98 Å². The molecule has 2 aromatic rings. The van der Waals surface area contributed by atoms with Crippen molar-refractivity contribution in [3.63, 3.8) is 0 Å². The lowest BCUT2D eigenvalue weighted by Gasteiger charge is -2.12. The van der Waals surface area contributed by atoms with E-state index in [0.29, 0.717) is 29.4 Å². The predicted octanol–water partition coefficient (Wildman–Crippen LogP) is 3.50. The summed E-state index contributed by atoms with van der Waals surface area (Å²) in [7, 11) is 1.57. The molecule has 1 aromatic carbocycles. The van der Waals surface area contributed by atoms with Gasteiger partial charge in [-0.2, -0.15) is 0 Å². The molecule has 0 saturated carbocycles. The zero-order valence-electron chi connectivity index (χ0n) is 11.7. The van der Waals surface area contributed by atoms with Crippen molar-refractivity contribution >= 4 is 27.5 Å². The van der Waals surface area contributed by atoms with E-state index in [1.807, 2.05) is 6.92 Å². The number of halogens is 1. The van der Waals surface area contributed by atoms with Gasteiger partial charge in [-0.05, 0) is 41.1 Å². The second-order valence-corrected chi connectivity index (χ2v) is 5.06. The van der Waals surface area contributed by atoms with Gasteiger partial charge >= 0.3 is 0 Å². The van der Waals surface area contributed by atoms with Crippen LogP contribution in [0.3, 0.4) is 0 Å². The summed E-state index contributed by atoms with van der Waals surface area (Å²) in [5, 5.41) is 2.80. The number of pyridine rings is 1. The van der Waals surface area contributed by atoms with E-state index in [1.54, 1.807) is 37.6 Å². The number of methoxy groups -OCH3 is 1. The minimum absolute atomic E-state index is 0.239. The maximum Gasteiger partial charge on any atom is 0.257 e. The number of benzene rings is 1. The van der Waals surface area contributed by atoms with E-state index in [2.05, 4.69) is 26.2 Å². The molecule has 1 aromatic heterocycles. The van der Waals surface area contributed by atoms with Crippen LogP contribution in [0, 0.1) is 0 Å². The molecule has 0 bridgehead atoms. The number of nitrogens with zero attached hydrogens (tertiary/aromatic N) is 1. The van der Waals surface area contributed by atoms with Crippen molar-refractivity contribution in [1.29, 1.82) is 0 Å². The summed E-state index contributed by atoms with van der Waals surface area (Å²) in [5.74, 6) is 0.973. The number of carbonyl (C=O) groups excluding carboxylic acids is 1. The van der Waals surface area contributed by atoms with Gasteiger partial charge in [0.1, 0.15) is 0 Å². The number of nitrogens with one attached hydrogen (secondary N) is 1. The Hall–Kier alpha value is -2.08. The van der Waals surface area contributed by atoms with E-state index < -0.39 is 0 Å². The van der Waals surface area contributed by atoms with Crippen LogP contribution in [0.15, 0.2) is 41.1 Å². The molecule has 1 N–H and O–H groups in total. The lowest BCUT2D eigenvalue weighted by atomic mass is 10.2. The largest absolute Gasteiger partial charge is 0.493 e. The summed E-state index contributed by atoms with van der Waals surface area (Å²) in [6, 6.07) is 6.94. The number of aromatic nitrogens is 1. The van der Waals surface area contributed by atoms with E-state index in [-0.39, 0.29) is 5.91 Å². The molecule has 0 spiro atoms. The van der Waals surface area contributed by atoms with Gasteiger partial charge in [0.15, 0.2) is 11.5 Å². The van der Waals surface area contributed by atoms with E-state index in [1.165, 1.54) is 6.20 Å². The highest BCUT2D eigenvalue weighted by Crippen LogP contribution is 2.30. The Bertz CT molecular complexity index is 647. The third-order valence-electron chi connectivity index (χ3n) is 2.69. The minimum Gasteiger partial charge on any atom is -0.493 e. The SMILES string of the molecule is CCOc1cc(NC(=O)c2cncc(Br)c2)ccc1OC. The molecule has 0 aliphatic carbocycles. The van der Waals surface area contributed by atoms with E-state index >= 15 is 0 Å². The molecule has 110 valence electrons. The highest BCUT2D eigenvalue weighted by molar-refractivity contribution is 9.10. The molecule has 21 heavy (non-hydrogen) atoms. The van der Waals surface area contributed by atoms with Gasteiger partial charge in [-0.3, -0.25) is 9.78 Å². The quantitative estimate of drug-likeness (QED) is 0.896. The van der Waals surface area contributed by atoms with Gasteiger partial charge in [0.2, 0.25) is 0 Å². The van der Waals surface area contributed by atoms with Gasteiger partial charge in [0.25, 0.3) is 5.91 Å². The number of anilines is 1. The fourth-order valence-corrected chi connectivity index (χ4v) is 2.13. The standard InChI is InChI=1S/C15H15BrN2O3/c1-3-21-14-7-12(4-5-13(14)20-2)18-15(19)10-6-11(16)9-17-8-10/h4-9H,3H2,1-2H3,(H,18,19). The van der Waals surface area contributed by atoms with Crippen LogP contribution < -0.4 is 14.8 Å². The molecule has 6 heteroatoms. The average molecular weight is 351 g/mol. The van der Waals surface area contributed by atoms with E-state index in [4.69, 9.17) is 9.47 Å². The second-order valence-electron chi connectivity index (χ2n) is 4.14. The number of rotatable bonds is 5. The molecule has 0 atom stereocenters. The highest BCUT2D eigenvalue weighted by Gasteiger charge is 2.10. The van der Waals surface area contributed by atoms with Crippen LogP contribution in [0.25, 0.3) is 0 Å². The summed E-state index contributed by atoms with van der Waals surface area (Å²) in [4.78, 5) is 16.1. The number of hydrogen-bond donors (Lipinski definition) is 1. The summed E-state index contributed by atoms with van der Waals surface area (Å²) in [6.45, 7) is 2.40. The van der Waals surface area contributed by atoms with Crippen LogP contribution in [0.5, 0.6) is 11.5 Å². The molecular weight excluding hydrogens is 336 g/mol. The molecule has 0 fully saturated rings. The second kappa shape index (κ2) is 7.08. The normalized spacial score (nSPS) is 10.0. The van der Waals surface area contributed by atoms with Gasteiger partial charge in [0.05, 0.1) is 19.3 Å². The average Bonchev–Trinajstić information content (AvgIpc) is 2.48. The number of hydrogen-bond acceptors (Lipinski definition) is 4. The zero-order chi connectivity index (χ0) is 15.2. The third-order valence-corrected chi connectivity index (χ3v) is 3.12. The number of ether oxygens (including phenoxy) is 2. The lowest BCUT2D eigenvalue weighted by molar-refractivity contribution is 0.102. The summed E-state index contributed by atoms with van der Waals surface area (Å²) in [6.07, 6.45) is 3.13. The maximum absolute atomic E-state index is 12.1. The Labute approximate surface area is 131 Å². The fraction of sp³-hybridized carbons (Fsp3) is 0.200. The van der Waals surface area contributed by atoms with Gasteiger partial charge in [-0.15, -0.1) is 0 Å². The van der Waals surface area contributed by atoms with Crippen molar-refractivity contribution in [2.24, 2.45) is 0 Å². The number of carbonyl (C=O) groups is 1. The third kappa shape index (κ3) is 3.95. The van der Waals surface area contributed by atoms with Crippen LogP contribution in [0.1, 0.15) is 17.3 Å². The Morgan fingerprint density at radius 2 is 2.10 bits per heavy atom. The van der Waals surface area contributed by atoms with E-state index in [0.717, 1.165) is 4.47 Å². The first kappa shape index (κ1) is 15.3. The Balaban J connectivity index is 2.19. The topological polar surface area (TPSA) is 60.5 Å². The van der Waals surface area contributed by atoms with Crippen LogP contribution in [0.2, 0.25) is 0 Å². The molecule has 0 radical (unpaired) electrons. The van der Waals surface area contributed by atoms with Gasteiger partial charge < -0.3 is 14.8 Å². The molecule has 0 unspecified atom stereocenters. The monoisotopic (exact) mass is 350 g/mol. The fourth-order valence-electron chi connectivity index (χ4n) is 1.76. The highest BCUT2D eigenvalue weighted by atomic mass is 79.9. The Kier molecular flexibility index (Phi) is 5.16. The van der Waals surface area contributed by atoms with Gasteiger partial charge in [-0.25, -0.2) is 0 Å². The number of amides is 1. The molecule has 0 saturated heterocycles. The minimum atomic E-state index is -0.239. The predicted molar refractivity (Wildman–Crippen MR) is 84.1 cm³/mol. The summed E-state index contributed by atoms with van der Waals surface area (Å²) < 4.78 is 11.4. The van der Waals surface area contributed by atoms with Crippen LogP contribution in [-0.4, -0.2) is 24.6 Å². The van der Waals surface area contributed by atoms with Crippen molar-refractivity contribution in [3.8, 4) is 11.5 Å². The first-order valence-electron chi connectivity index (χ1n) is 6.36. The first-order chi connectivity index (χ1) is 10.1. The summed E-state index contributed by atoms with van der Waals surface area (Å²) >= 11 is 3.29. The van der Waals surface area contributed by atoms with Gasteiger partial charge in [-0.1, -0.05) is 0 Å². The Morgan fingerprint density at radius 3 is 2.76 bits per heavy atom. The molecule has 1 heterocycles. The lowest BCUT2D eigenvalue weighted by Crippen LogP contribution is -2.12. The van der Waals surface area contributed by atoms with Crippen molar-refractivity contribution in [2.75, 3.05) is 19.0 Å². The summed E-state index contributed by atoms with van der Waals surface area (Å²) in [5.41, 5.74) is 1.10. The maximum atomic E-state index is 12.1. The van der Waals surface area contributed by atoms with Crippen molar-refractivity contribution < 1.29 is 14.3 Å². The molecule has 5 nitrogen and oxygen atoms in total. The van der Waals surface area contributed by atoms with Gasteiger partial charge in [0, 0.05) is 28.6 Å². The Morgan fingerprint density at radius 1 is 1.29 bits per heavy atom. The van der Waals surface area contributed by atoms with Crippen LogP contribution in [-0.2, 0) is 0 Å². The molecule has 2 rings (SSSR count). The molecule has 1 amide bonds. The van der Waals surface area contributed by atoms with Crippen molar-refractivity contribution in [2.45, 2.75) is 6.92 Å². The molecule has 0 aliphatic heterocycles. The molecular formula is C15H15BrN2O3. The van der Waals surface area contributed by atoms with E-state index in [9.17, 15) is 4.79 Å². The smallest absolute Gasteiger partial charge is 0.257 e. The first-order valence-corrected chi connectivity index (χ1v) is 7.16. The van der Waals surface area contributed by atoms with Crippen LogP contribution >= 0.6 is 15.9 Å².